The van der Waals surface area contributed by atoms with Crippen molar-refractivity contribution in [2.24, 2.45) is 0 Å². The minimum atomic E-state index is -0.316. The Bertz CT molecular complexity index is 339. The van der Waals surface area contributed by atoms with E-state index in [9.17, 15) is 4.79 Å². The smallest absolute Gasteiger partial charge is 0.339 e. The Hall–Kier alpha value is -1.16. The van der Waals surface area contributed by atoms with Crippen LogP contribution in [0.4, 0.5) is 5.69 Å². The zero-order chi connectivity index (χ0) is 10.6. The zero-order valence-corrected chi connectivity index (χ0v) is 9.06. The van der Waals surface area contributed by atoms with Crippen LogP contribution in [0.2, 0.25) is 0 Å². The van der Waals surface area contributed by atoms with E-state index in [0.29, 0.717) is 17.9 Å². The van der Waals surface area contributed by atoms with Crippen LogP contribution in [0.3, 0.4) is 0 Å². The average Bonchev–Trinajstić information content (AvgIpc) is 2.17. The maximum Gasteiger partial charge on any atom is 0.339 e. The van der Waals surface area contributed by atoms with Crippen molar-refractivity contribution in [3.8, 4) is 0 Å². The Labute approximate surface area is 87.6 Å². The number of hydrogen-bond donors (Lipinski definition) is 1. The van der Waals surface area contributed by atoms with Crippen molar-refractivity contribution in [3.63, 3.8) is 0 Å². The fraction of sp³-hybridized carbons (Fsp3) is 0.300. The number of esters is 1. The summed E-state index contributed by atoms with van der Waals surface area (Å²) < 4.78 is 4.92. The number of rotatable bonds is 3. The third-order valence-corrected chi connectivity index (χ3v) is 2.61. The summed E-state index contributed by atoms with van der Waals surface area (Å²) in [5, 5.41) is 0. The third-order valence-electron chi connectivity index (χ3n) is 1.74. The summed E-state index contributed by atoms with van der Waals surface area (Å²) in [6.07, 6.45) is 1.88. The molecule has 0 aliphatic carbocycles. The van der Waals surface area contributed by atoms with Crippen molar-refractivity contribution in [2.75, 3.05) is 18.6 Å². The van der Waals surface area contributed by atoms with Gasteiger partial charge in [0.1, 0.15) is 0 Å². The molecular weight excluding hydrogens is 198 g/mol. The molecule has 1 aromatic carbocycles. The predicted octanol–water partition coefficient (Wildman–Crippen LogP) is 2.17. The van der Waals surface area contributed by atoms with Gasteiger partial charge in [-0.05, 0) is 25.3 Å². The van der Waals surface area contributed by atoms with Gasteiger partial charge >= 0.3 is 5.97 Å². The van der Waals surface area contributed by atoms with Crippen molar-refractivity contribution in [3.05, 3.63) is 23.8 Å². The van der Waals surface area contributed by atoms with Gasteiger partial charge < -0.3 is 10.5 Å². The van der Waals surface area contributed by atoms with Crippen molar-refractivity contribution in [1.29, 1.82) is 0 Å². The van der Waals surface area contributed by atoms with Gasteiger partial charge in [0.2, 0.25) is 0 Å². The Kier molecular flexibility index (Phi) is 3.83. The van der Waals surface area contributed by atoms with Crippen molar-refractivity contribution in [2.45, 2.75) is 11.8 Å². The number of ether oxygens (including phenoxy) is 1. The zero-order valence-electron chi connectivity index (χ0n) is 8.24. The van der Waals surface area contributed by atoms with E-state index in [1.165, 1.54) is 11.8 Å². The lowest BCUT2D eigenvalue weighted by molar-refractivity contribution is 0.0522. The van der Waals surface area contributed by atoms with Crippen molar-refractivity contribution < 1.29 is 9.53 Å². The summed E-state index contributed by atoms with van der Waals surface area (Å²) in [7, 11) is 0. The van der Waals surface area contributed by atoms with E-state index in [2.05, 4.69) is 0 Å². The molecule has 0 radical (unpaired) electrons. The monoisotopic (exact) mass is 211 g/mol. The van der Waals surface area contributed by atoms with Gasteiger partial charge in [-0.1, -0.05) is 6.07 Å². The van der Waals surface area contributed by atoms with E-state index in [-0.39, 0.29) is 5.97 Å². The van der Waals surface area contributed by atoms with Gasteiger partial charge in [-0.25, -0.2) is 4.79 Å². The Balaban J connectivity index is 3.07. The van der Waals surface area contributed by atoms with E-state index >= 15 is 0 Å². The van der Waals surface area contributed by atoms with Gasteiger partial charge in [0.05, 0.1) is 12.2 Å². The minimum absolute atomic E-state index is 0.316. The number of carbonyl (C=O) groups excluding carboxylic acids is 1. The molecule has 0 heterocycles. The number of carbonyl (C=O) groups is 1. The van der Waals surface area contributed by atoms with Gasteiger partial charge in [0.15, 0.2) is 0 Å². The third kappa shape index (κ3) is 2.20. The van der Waals surface area contributed by atoms with Crippen LogP contribution in [-0.2, 0) is 4.74 Å². The highest BCUT2D eigenvalue weighted by atomic mass is 32.2. The highest BCUT2D eigenvalue weighted by Crippen LogP contribution is 2.27. The molecule has 0 saturated heterocycles. The van der Waals surface area contributed by atoms with Gasteiger partial charge in [-0.3, -0.25) is 0 Å². The Morgan fingerprint density at radius 3 is 2.86 bits per heavy atom. The van der Waals surface area contributed by atoms with Crippen LogP contribution >= 0.6 is 11.8 Å². The van der Waals surface area contributed by atoms with Crippen LogP contribution in [0, 0.1) is 0 Å². The molecule has 76 valence electrons. The Morgan fingerprint density at radius 1 is 1.57 bits per heavy atom. The van der Waals surface area contributed by atoms with E-state index in [1.807, 2.05) is 6.26 Å². The van der Waals surface area contributed by atoms with Crippen LogP contribution in [0.5, 0.6) is 0 Å². The molecule has 0 atom stereocenters. The summed E-state index contributed by atoms with van der Waals surface area (Å²) in [4.78, 5) is 12.3. The molecular formula is C10H13NO2S. The van der Waals surface area contributed by atoms with Crippen LogP contribution in [0.1, 0.15) is 17.3 Å². The minimum Gasteiger partial charge on any atom is -0.462 e. The molecule has 14 heavy (non-hydrogen) atoms. The molecule has 0 saturated carbocycles. The molecule has 0 aromatic heterocycles. The first-order valence-electron chi connectivity index (χ1n) is 4.30. The largest absolute Gasteiger partial charge is 0.462 e. The van der Waals surface area contributed by atoms with Gasteiger partial charge in [0.25, 0.3) is 0 Å². The lowest BCUT2D eigenvalue weighted by atomic mass is 10.2. The van der Waals surface area contributed by atoms with Gasteiger partial charge in [0, 0.05) is 10.6 Å². The number of thioether (sulfide) groups is 1. The molecule has 4 heteroatoms. The summed E-state index contributed by atoms with van der Waals surface area (Å²) in [5.74, 6) is -0.316. The van der Waals surface area contributed by atoms with Gasteiger partial charge in [-0.2, -0.15) is 0 Å². The standard InChI is InChI=1S/C10H13NO2S/c1-3-13-10(12)7-5-4-6-8(11)9(7)14-2/h4-6H,3,11H2,1-2H3. The van der Waals surface area contributed by atoms with Crippen LogP contribution < -0.4 is 5.73 Å². The molecule has 0 amide bonds. The molecule has 0 aliphatic heterocycles. The molecule has 0 unspecified atom stereocenters. The molecule has 0 fully saturated rings. The topological polar surface area (TPSA) is 52.3 Å². The highest BCUT2D eigenvalue weighted by Gasteiger charge is 2.13. The van der Waals surface area contributed by atoms with Crippen LogP contribution in [0.15, 0.2) is 23.1 Å². The maximum atomic E-state index is 11.5. The molecule has 2 N–H and O–H groups in total. The average molecular weight is 211 g/mol. The molecule has 1 rings (SSSR count). The number of benzene rings is 1. The van der Waals surface area contributed by atoms with Crippen LogP contribution in [-0.4, -0.2) is 18.8 Å². The van der Waals surface area contributed by atoms with Crippen molar-refractivity contribution in [1.82, 2.24) is 0 Å². The second-order valence-corrected chi connectivity index (χ2v) is 3.47. The highest BCUT2D eigenvalue weighted by molar-refractivity contribution is 7.98. The second kappa shape index (κ2) is 4.91. The lowest BCUT2D eigenvalue weighted by Crippen LogP contribution is -2.07. The fourth-order valence-electron chi connectivity index (χ4n) is 1.15. The van der Waals surface area contributed by atoms with Gasteiger partial charge in [-0.15, -0.1) is 11.8 Å². The quantitative estimate of drug-likeness (QED) is 0.473. The number of anilines is 1. The van der Waals surface area contributed by atoms with E-state index < -0.39 is 0 Å². The van der Waals surface area contributed by atoms with Crippen molar-refractivity contribution >= 4 is 23.4 Å². The lowest BCUT2D eigenvalue weighted by Gasteiger charge is -2.08. The maximum absolute atomic E-state index is 11.5. The summed E-state index contributed by atoms with van der Waals surface area (Å²) >= 11 is 1.45. The molecule has 0 spiro atoms. The first-order chi connectivity index (χ1) is 6.70. The molecule has 0 aliphatic rings. The molecule has 1 aromatic rings. The second-order valence-electron chi connectivity index (χ2n) is 2.65. The molecule has 0 bridgehead atoms. The normalized spacial score (nSPS) is 9.86. The number of nitrogens with two attached hydrogens (primary N) is 1. The summed E-state index contributed by atoms with van der Waals surface area (Å²) in [5.41, 5.74) is 6.89. The number of nitrogen functional groups attached to an aromatic ring is 1. The van der Waals surface area contributed by atoms with E-state index in [1.54, 1.807) is 25.1 Å². The fourth-order valence-corrected chi connectivity index (χ4v) is 1.83. The summed E-state index contributed by atoms with van der Waals surface area (Å²) in [6, 6.07) is 5.25. The SMILES string of the molecule is CCOC(=O)c1cccc(N)c1SC. The Morgan fingerprint density at radius 2 is 2.29 bits per heavy atom. The predicted molar refractivity (Wildman–Crippen MR) is 58.6 cm³/mol. The van der Waals surface area contributed by atoms with Crippen LogP contribution in [0.25, 0.3) is 0 Å². The van der Waals surface area contributed by atoms with E-state index in [0.717, 1.165) is 4.90 Å². The van der Waals surface area contributed by atoms with E-state index in [4.69, 9.17) is 10.5 Å². The summed E-state index contributed by atoms with van der Waals surface area (Å²) in [6.45, 7) is 2.16. The first kappa shape index (κ1) is 10.9. The first-order valence-corrected chi connectivity index (χ1v) is 5.52. The number of hydrogen-bond acceptors (Lipinski definition) is 4. The molecule has 3 nitrogen and oxygen atoms in total.